The zero-order valence-corrected chi connectivity index (χ0v) is 11.7. The van der Waals surface area contributed by atoms with Crippen molar-refractivity contribution in [2.75, 3.05) is 16.3 Å². The van der Waals surface area contributed by atoms with Crippen molar-refractivity contribution in [3.8, 4) is 0 Å². The van der Waals surface area contributed by atoms with Gasteiger partial charge in [0.1, 0.15) is 5.82 Å². The summed E-state index contributed by atoms with van der Waals surface area (Å²) < 4.78 is 60.3. The van der Waals surface area contributed by atoms with E-state index >= 15 is 0 Å². The largest absolute Gasteiger partial charge is 0.263 e. The molecule has 0 amide bonds. The Morgan fingerprint density at radius 2 is 1.84 bits per heavy atom. The fourth-order valence-corrected chi connectivity index (χ4v) is 4.43. The first-order valence-corrected chi connectivity index (χ1v) is 8.91. The number of rotatable bonds is 3. The minimum Gasteiger partial charge on any atom is -0.263 e. The van der Waals surface area contributed by atoms with E-state index in [1.807, 2.05) is 0 Å². The molecule has 0 aliphatic carbocycles. The maximum absolute atomic E-state index is 12.9. The van der Waals surface area contributed by atoms with Gasteiger partial charge in [-0.15, -0.1) is 0 Å². The molecule has 0 bridgehead atoms. The topological polar surface area (TPSA) is 71.5 Å². The summed E-state index contributed by atoms with van der Waals surface area (Å²) in [6.07, 6.45) is 2.30. The van der Waals surface area contributed by atoms with E-state index in [1.54, 1.807) is 0 Å². The Kier molecular flexibility index (Phi) is 3.40. The highest BCUT2D eigenvalue weighted by atomic mass is 32.2. The smallest absolute Gasteiger partial charge is 0.232 e. The van der Waals surface area contributed by atoms with Gasteiger partial charge in [0, 0.05) is 5.41 Å². The summed E-state index contributed by atoms with van der Waals surface area (Å²) in [5, 5.41) is 0.999. The summed E-state index contributed by atoms with van der Waals surface area (Å²) in [5.74, 6) is -0.802. The van der Waals surface area contributed by atoms with E-state index in [9.17, 15) is 21.2 Å². The van der Waals surface area contributed by atoms with Crippen LogP contribution in [-0.2, 0) is 19.9 Å². The lowest BCUT2D eigenvalue weighted by atomic mass is 10.2. The maximum atomic E-state index is 12.9. The zero-order chi connectivity index (χ0) is 14.3. The predicted octanol–water partition coefficient (Wildman–Crippen LogP) is 0.902. The summed E-state index contributed by atoms with van der Waals surface area (Å²) in [6.45, 7) is 0. The van der Waals surface area contributed by atoms with Crippen LogP contribution >= 0.6 is 0 Å². The van der Waals surface area contributed by atoms with Crippen molar-refractivity contribution < 1.29 is 21.2 Å². The Morgan fingerprint density at radius 3 is 2.26 bits per heavy atom. The Balaban J connectivity index is 2.45. The van der Waals surface area contributed by atoms with Crippen molar-refractivity contribution in [2.24, 2.45) is 0 Å². The van der Waals surface area contributed by atoms with Gasteiger partial charge in [-0.3, -0.25) is 4.31 Å². The number of hydrogen-bond donors (Lipinski definition) is 0. The van der Waals surface area contributed by atoms with E-state index < -0.39 is 31.7 Å². The van der Waals surface area contributed by atoms with E-state index in [4.69, 9.17) is 0 Å². The number of hydrogen-bond acceptors (Lipinski definition) is 4. The van der Waals surface area contributed by atoms with Crippen molar-refractivity contribution in [1.29, 1.82) is 0 Å². The lowest BCUT2D eigenvalue weighted by molar-refractivity contribution is 0.591. The highest BCUT2D eigenvalue weighted by Crippen LogP contribution is 2.25. The Bertz CT molecular complexity index is 708. The Labute approximate surface area is 111 Å². The molecule has 2 rings (SSSR count). The van der Waals surface area contributed by atoms with Gasteiger partial charge >= 0.3 is 0 Å². The second-order valence-electron chi connectivity index (χ2n) is 4.26. The second-order valence-corrected chi connectivity index (χ2v) is 8.05. The molecule has 0 saturated carbocycles. The molecule has 0 fully saturated rings. The third-order valence-electron chi connectivity index (χ3n) is 2.65. The molecular formula is C11H12FNO4S2. The van der Waals surface area contributed by atoms with E-state index in [1.165, 1.54) is 18.2 Å². The van der Waals surface area contributed by atoms with Gasteiger partial charge in [0.25, 0.3) is 0 Å². The summed E-state index contributed by atoms with van der Waals surface area (Å²) in [4.78, 5) is 0. The first-order valence-electron chi connectivity index (χ1n) is 5.35. The highest BCUT2D eigenvalue weighted by molar-refractivity contribution is 7.95. The van der Waals surface area contributed by atoms with Crippen LogP contribution in [0.3, 0.4) is 0 Å². The van der Waals surface area contributed by atoms with Crippen LogP contribution in [0.1, 0.15) is 0 Å². The van der Waals surface area contributed by atoms with Crippen LogP contribution in [0.2, 0.25) is 0 Å². The number of benzene rings is 1. The second kappa shape index (κ2) is 4.61. The third-order valence-corrected chi connectivity index (χ3v) is 5.22. The molecular weight excluding hydrogens is 293 g/mol. The van der Waals surface area contributed by atoms with Crippen molar-refractivity contribution in [1.82, 2.24) is 0 Å². The van der Waals surface area contributed by atoms with Crippen molar-refractivity contribution >= 4 is 25.5 Å². The van der Waals surface area contributed by atoms with Crippen LogP contribution < -0.4 is 4.31 Å². The van der Waals surface area contributed by atoms with Gasteiger partial charge in [-0.1, -0.05) is 0 Å². The molecule has 0 radical (unpaired) electrons. The van der Waals surface area contributed by atoms with Gasteiger partial charge < -0.3 is 0 Å². The molecule has 1 aromatic rings. The summed E-state index contributed by atoms with van der Waals surface area (Å²) in [6, 6.07) is 4.05. The molecule has 1 aliphatic rings. The van der Waals surface area contributed by atoms with E-state index in [0.717, 1.165) is 28.1 Å². The van der Waals surface area contributed by atoms with Gasteiger partial charge in [0.2, 0.25) is 10.0 Å². The fraction of sp³-hybridized carbons (Fsp3) is 0.273. The number of halogens is 1. The lowest BCUT2D eigenvalue weighted by Gasteiger charge is -2.27. The zero-order valence-electron chi connectivity index (χ0n) is 10.0. The van der Waals surface area contributed by atoms with E-state index in [2.05, 4.69) is 0 Å². The number of sulfonamides is 1. The molecule has 8 heteroatoms. The van der Waals surface area contributed by atoms with Crippen LogP contribution in [-0.4, -0.2) is 34.9 Å². The molecule has 104 valence electrons. The minimum atomic E-state index is -3.67. The molecule has 1 aliphatic heterocycles. The highest BCUT2D eigenvalue weighted by Gasteiger charge is 2.32. The predicted molar refractivity (Wildman–Crippen MR) is 70.4 cm³/mol. The van der Waals surface area contributed by atoms with Gasteiger partial charge in [-0.2, -0.15) is 0 Å². The SMILES string of the molecule is CS(=O)(=O)N(c1ccc(F)cc1)[C@@H]1C=CS(=O)(=O)C1. The summed E-state index contributed by atoms with van der Waals surface area (Å²) >= 11 is 0. The lowest BCUT2D eigenvalue weighted by Crippen LogP contribution is -2.40. The fourth-order valence-electron chi connectivity index (χ4n) is 1.92. The van der Waals surface area contributed by atoms with Crippen LogP contribution in [0.4, 0.5) is 10.1 Å². The first-order chi connectivity index (χ1) is 8.69. The molecule has 0 spiro atoms. The molecule has 1 atom stereocenters. The van der Waals surface area contributed by atoms with Gasteiger partial charge in [0.05, 0.1) is 23.7 Å². The number of nitrogens with zero attached hydrogens (tertiary/aromatic N) is 1. The monoisotopic (exact) mass is 305 g/mol. The van der Waals surface area contributed by atoms with Crippen molar-refractivity contribution in [3.05, 3.63) is 41.6 Å². The number of anilines is 1. The molecule has 0 N–H and O–H groups in total. The average molecular weight is 305 g/mol. The average Bonchev–Trinajstić information content (AvgIpc) is 2.60. The minimum absolute atomic E-state index is 0.232. The molecule has 1 aromatic carbocycles. The van der Waals surface area contributed by atoms with Crippen LogP contribution in [0.5, 0.6) is 0 Å². The van der Waals surface area contributed by atoms with Gasteiger partial charge in [-0.25, -0.2) is 21.2 Å². The van der Waals surface area contributed by atoms with Crippen LogP contribution in [0.15, 0.2) is 35.7 Å². The quantitative estimate of drug-likeness (QED) is 0.832. The Morgan fingerprint density at radius 1 is 1.26 bits per heavy atom. The molecule has 0 saturated heterocycles. The van der Waals surface area contributed by atoms with Crippen molar-refractivity contribution in [3.63, 3.8) is 0 Å². The standard InChI is InChI=1S/C11H12FNO4S2/c1-18(14,15)13(10-4-2-9(12)3-5-10)11-6-7-19(16,17)8-11/h2-7,11H,8H2,1H3/t11-/m1/s1. The van der Waals surface area contributed by atoms with E-state index in [-0.39, 0.29) is 11.4 Å². The summed E-state index contributed by atoms with van der Waals surface area (Å²) in [7, 11) is -7.05. The Hall–Kier alpha value is -1.41. The molecule has 19 heavy (non-hydrogen) atoms. The maximum Gasteiger partial charge on any atom is 0.232 e. The van der Waals surface area contributed by atoms with Crippen molar-refractivity contribution in [2.45, 2.75) is 6.04 Å². The van der Waals surface area contributed by atoms with Gasteiger partial charge in [-0.05, 0) is 30.3 Å². The molecule has 1 heterocycles. The third kappa shape index (κ3) is 3.13. The van der Waals surface area contributed by atoms with Crippen LogP contribution in [0, 0.1) is 5.82 Å². The first kappa shape index (κ1) is 14.0. The summed E-state index contributed by atoms with van der Waals surface area (Å²) in [5.41, 5.74) is 0.232. The van der Waals surface area contributed by atoms with Gasteiger partial charge in [0.15, 0.2) is 9.84 Å². The molecule has 5 nitrogen and oxygen atoms in total. The van der Waals surface area contributed by atoms with E-state index in [0.29, 0.717) is 0 Å². The normalized spacial score (nSPS) is 21.5. The number of sulfone groups is 1. The van der Waals surface area contributed by atoms with Crippen LogP contribution in [0.25, 0.3) is 0 Å². The molecule has 0 aromatic heterocycles. The molecule has 0 unspecified atom stereocenters.